The first-order valence-corrected chi connectivity index (χ1v) is 5.37. The summed E-state index contributed by atoms with van der Waals surface area (Å²) in [6.07, 6.45) is -5.09. The third-order valence-electron chi connectivity index (χ3n) is 2.88. The highest BCUT2D eigenvalue weighted by Crippen LogP contribution is 2.45. The molecule has 0 amide bonds. The maximum atomic E-state index is 12.8. The van der Waals surface area contributed by atoms with Crippen LogP contribution in [0.25, 0.3) is 0 Å². The number of carbonyl (C=O) groups is 1. The van der Waals surface area contributed by atoms with Crippen molar-refractivity contribution < 1.29 is 22.7 Å². The Balaban J connectivity index is 2.48. The lowest BCUT2D eigenvalue weighted by molar-refractivity contribution is -0.165. The molecular weight excluding hydrogens is 247 g/mol. The number of ether oxygens (including phenoxy) is 1. The Morgan fingerprint density at radius 3 is 2.56 bits per heavy atom. The van der Waals surface area contributed by atoms with Crippen LogP contribution in [0.2, 0.25) is 0 Å². The highest BCUT2D eigenvalue weighted by molar-refractivity contribution is 5.77. The number of nitrogens with zero attached hydrogens (tertiary/aromatic N) is 1. The summed E-state index contributed by atoms with van der Waals surface area (Å²) in [7, 11) is 3.52. The van der Waals surface area contributed by atoms with E-state index in [9.17, 15) is 18.0 Å². The Morgan fingerprint density at radius 2 is 2.00 bits per heavy atom. The van der Waals surface area contributed by atoms with Gasteiger partial charge in [-0.2, -0.15) is 13.2 Å². The molecule has 1 aromatic rings. The standard InChI is InChI=1S/C12H12F3NO2/c1-16(2)7-3-4-8-9(12(13,14)15)6-11(17)18-10(8)5-7/h3-5,9H,6H2,1-2H3. The molecule has 0 saturated heterocycles. The number of carbonyl (C=O) groups excluding carboxylic acids is 1. The number of hydrogen-bond donors (Lipinski definition) is 0. The van der Waals surface area contributed by atoms with Crippen molar-refractivity contribution in [3.63, 3.8) is 0 Å². The van der Waals surface area contributed by atoms with E-state index < -0.39 is 24.5 Å². The molecule has 18 heavy (non-hydrogen) atoms. The highest BCUT2D eigenvalue weighted by Gasteiger charge is 2.46. The van der Waals surface area contributed by atoms with Gasteiger partial charge in [-0.1, -0.05) is 6.07 Å². The van der Waals surface area contributed by atoms with E-state index in [0.29, 0.717) is 5.69 Å². The number of fused-ring (bicyclic) bond motifs is 1. The van der Waals surface area contributed by atoms with Crippen LogP contribution in [-0.2, 0) is 4.79 Å². The summed E-state index contributed by atoms with van der Waals surface area (Å²) in [5.74, 6) is -2.62. The second kappa shape index (κ2) is 4.19. The van der Waals surface area contributed by atoms with Crippen LogP contribution >= 0.6 is 0 Å². The second-order valence-electron chi connectivity index (χ2n) is 4.39. The molecule has 1 aliphatic rings. The molecule has 6 heteroatoms. The van der Waals surface area contributed by atoms with Gasteiger partial charge < -0.3 is 9.64 Å². The summed E-state index contributed by atoms with van der Waals surface area (Å²) in [6.45, 7) is 0. The Bertz CT molecular complexity index is 483. The minimum absolute atomic E-state index is 0.000208. The number of hydrogen-bond acceptors (Lipinski definition) is 3. The molecule has 1 aliphatic heterocycles. The summed E-state index contributed by atoms with van der Waals surface area (Å²) in [6, 6.07) is 4.40. The van der Waals surface area contributed by atoms with Crippen molar-refractivity contribution in [3.05, 3.63) is 23.8 Å². The molecule has 98 valence electrons. The van der Waals surface area contributed by atoms with Gasteiger partial charge in [-0.25, -0.2) is 0 Å². The van der Waals surface area contributed by atoms with Gasteiger partial charge in [0, 0.05) is 31.4 Å². The maximum Gasteiger partial charge on any atom is 0.396 e. The Morgan fingerprint density at radius 1 is 1.33 bits per heavy atom. The highest BCUT2D eigenvalue weighted by atomic mass is 19.4. The molecule has 1 atom stereocenters. The normalized spacial score (nSPS) is 19.2. The number of benzene rings is 1. The van der Waals surface area contributed by atoms with Crippen molar-refractivity contribution in [1.29, 1.82) is 0 Å². The quantitative estimate of drug-likeness (QED) is 0.573. The zero-order valence-corrected chi connectivity index (χ0v) is 9.91. The SMILES string of the molecule is CN(C)c1ccc2c(c1)OC(=O)CC2C(F)(F)F. The van der Waals surface area contributed by atoms with Crippen molar-refractivity contribution in [1.82, 2.24) is 0 Å². The molecule has 1 unspecified atom stereocenters. The molecule has 0 bridgehead atoms. The summed E-state index contributed by atoms with van der Waals surface area (Å²) in [5, 5.41) is 0. The van der Waals surface area contributed by atoms with E-state index in [0.717, 1.165) is 0 Å². The van der Waals surface area contributed by atoms with Crippen LogP contribution in [0.1, 0.15) is 17.9 Å². The van der Waals surface area contributed by atoms with E-state index in [1.54, 1.807) is 25.1 Å². The van der Waals surface area contributed by atoms with Crippen molar-refractivity contribution >= 4 is 11.7 Å². The number of halogens is 3. The number of alkyl halides is 3. The van der Waals surface area contributed by atoms with Gasteiger partial charge in [0.2, 0.25) is 0 Å². The lowest BCUT2D eigenvalue weighted by Crippen LogP contribution is -2.30. The number of esters is 1. The van der Waals surface area contributed by atoms with Crippen LogP contribution in [0.3, 0.4) is 0 Å². The fourth-order valence-corrected chi connectivity index (χ4v) is 1.91. The molecule has 0 aromatic heterocycles. The lowest BCUT2D eigenvalue weighted by Gasteiger charge is -2.27. The Kier molecular flexibility index (Phi) is 2.96. The minimum Gasteiger partial charge on any atom is -0.426 e. The summed E-state index contributed by atoms with van der Waals surface area (Å²) in [5.41, 5.74) is 0.706. The van der Waals surface area contributed by atoms with Crippen LogP contribution in [0.15, 0.2) is 18.2 Å². The molecule has 0 N–H and O–H groups in total. The summed E-state index contributed by atoms with van der Waals surface area (Å²) >= 11 is 0. The fraction of sp³-hybridized carbons (Fsp3) is 0.417. The molecule has 0 radical (unpaired) electrons. The predicted molar refractivity (Wildman–Crippen MR) is 59.8 cm³/mol. The molecular formula is C12H12F3NO2. The molecule has 0 saturated carbocycles. The smallest absolute Gasteiger partial charge is 0.396 e. The van der Waals surface area contributed by atoms with Gasteiger partial charge in [-0.05, 0) is 6.07 Å². The average molecular weight is 259 g/mol. The first kappa shape index (κ1) is 12.7. The maximum absolute atomic E-state index is 12.8. The molecule has 2 rings (SSSR count). The van der Waals surface area contributed by atoms with Crippen molar-refractivity contribution in [2.75, 3.05) is 19.0 Å². The van der Waals surface area contributed by atoms with Crippen LogP contribution in [0.5, 0.6) is 5.75 Å². The van der Waals surface area contributed by atoms with Crippen molar-refractivity contribution in [2.45, 2.75) is 18.5 Å². The second-order valence-corrected chi connectivity index (χ2v) is 4.39. The largest absolute Gasteiger partial charge is 0.426 e. The van der Waals surface area contributed by atoms with E-state index in [2.05, 4.69) is 0 Å². The Hall–Kier alpha value is -1.72. The molecule has 0 aliphatic carbocycles. The van der Waals surface area contributed by atoms with E-state index in [1.165, 1.54) is 12.1 Å². The molecule has 0 fully saturated rings. The monoisotopic (exact) mass is 259 g/mol. The van der Waals surface area contributed by atoms with Gasteiger partial charge in [0.15, 0.2) is 0 Å². The first-order valence-electron chi connectivity index (χ1n) is 5.37. The fourth-order valence-electron chi connectivity index (χ4n) is 1.91. The molecule has 1 aromatic carbocycles. The molecule has 3 nitrogen and oxygen atoms in total. The van der Waals surface area contributed by atoms with E-state index in [4.69, 9.17) is 4.74 Å². The summed E-state index contributed by atoms with van der Waals surface area (Å²) < 4.78 is 43.4. The molecule has 1 heterocycles. The van der Waals surface area contributed by atoms with Gasteiger partial charge in [0.05, 0.1) is 12.3 Å². The minimum atomic E-state index is -4.44. The van der Waals surface area contributed by atoms with Gasteiger partial charge >= 0.3 is 12.1 Å². The van der Waals surface area contributed by atoms with E-state index in [1.807, 2.05) is 0 Å². The third-order valence-corrected chi connectivity index (χ3v) is 2.88. The van der Waals surface area contributed by atoms with Crippen LogP contribution in [0, 0.1) is 0 Å². The van der Waals surface area contributed by atoms with Crippen molar-refractivity contribution in [2.24, 2.45) is 0 Å². The number of anilines is 1. The van der Waals surface area contributed by atoms with E-state index >= 15 is 0 Å². The third kappa shape index (κ3) is 2.27. The number of rotatable bonds is 1. The van der Waals surface area contributed by atoms with Crippen LogP contribution in [0.4, 0.5) is 18.9 Å². The van der Waals surface area contributed by atoms with Gasteiger partial charge in [0.1, 0.15) is 5.75 Å². The molecule has 0 spiro atoms. The van der Waals surface area contributed by atoms with E-state index in [-0.39, 0.29) is 11.3 Å². The van der Waals surface area contributed by atoms with Crippen LogP contribution in [-0.4, -0.2) is 26.2 Å². The lowest BCUT2D eigenvalue weighted by atomic mass is 9.92. The van der Waals surface area contributed by atoms with Crippen LogP contribution < -0.4 is 9.64 Å². The first-order chi connectivity index (χ1) is 8.29. The Labute approximate surface area is 102 Å². The van der Waals surface area contributed by atoms with Gasteiger partial charge in [-0.15, -0.1) is 0 Å². The average Bonchev–Trinajstić information content (AvgIpc) is 2.25. The topological polar surface area (TPSA) is 29.5 Å². The van der Waals surface area contributed by atoms with Gasteiger partial charge in [-0.3, -0.25) is 4.79 Å². The van der Waals surface area contributed by atoms with Gasteiger partial charge in [0.25, 0.3) is 0 Å². The summed E-state index contributed by atoms with van der Waals surface area (Å²) in [4.78, 5) is 13.0. The predicted octanol–water partition coefficient (Wildman–Crippen LogP) is 2.71. The van der Waals surface area contributed by atoms with Crippen molar-refractivity contribution in [3.8, 4) is 5.75 Å². The zero-order valence-electron chi connectivity index (χ0n) is 9.91. The zero-order chi connectivity index (χ0) is 13.5.